The highest BCUT2D eigenvalue weighted by Crippen LogP contribution is 2.18. The van der Waals surface area contributed by atoms with Crippen LogP contribution in [0.15, 0.2) is 16.7 Å². The largest absolute Gasteiger partial charge is 0.385 e. The van der Waals surface area contributed by atoms with Crippen LogP contribution in [0.1, 0.15) is 36.5 Å². The van der Waals surface area contributed by atoms with Crippen molar-refractivity contribution in [2.75, 3.05) is 32.1 Å². The Morgan fingerprint density at radius 1 is 1.40 bits per heavy atom. The molecule has 0 radical (unpaired) electrons. The van der Waals surface area contributed by atoms with Gasteiger partial charge in [0, 0.05) is 37.5 Å². The van der Waals surface area contributed by atoms with Crippen LogP contribution in [0.25, 0.3) is 0 Å². The molecule has 5 nitrogen and oxygen atoms in total. The fourth-order valence-electron chi connectivity index (χ4n) is 1.67. The molecular formula is C14H22BrN3O2. The number of aromatic nitrogens is 1. The van der Waals surface area contributed by atoms with Crippen LogP contribution in [0.5, 0.6) is 0 Å². The minimum absolute atomic E-state index is 0.102. The number of carbonyl (C=O) groups excluding carboxylic acids is 1. The van der Waals surface area contributed by atoms with Crippen LogP contribution in [0.3, 0.4) is 0 Å². The number of halogens is 1. The maximum Gasteiger partial charge on any atom is 0.255 e. The summed E-state index contributed by atoms with van der Waals surface area (Å²) in [5.74, 6) is 0.527. The predicted octanol–water partition coefficient (Wildman–Crippen LogP) is 2.82. The van der Waals surface area contributed by atoms with Crippen molar-refractivity contribution in [1.29, 1.82) is 0 Å². The quantitative estimate of drug-likeness (QED) is 0.676. The van der Waals surface area contributed by atoms with Crippen molar-refractivity contribution in [3.8, 4) is 0 Å². The van der Waals surface area contributed by atoms with E-state index >= 15 is 0 Å². The van der Waals surface area contributed by atoms with E-state index in [-0.39, 0.29) is 5.91 Å². The zero-order valence-electron chi connectivity index (χ0n) is 12.0. The van der Waals surface area contributed by atoms with Crippen LogP contribution in [0, 0.1) is 0 Å². The summed E-state index contributed by atoms with van der Waals surface area (Å²) >= 11 is 3.35. The molecule has 0 atom stereocenters. The van der Waals surface area contributed by atoms with E-state index in [0.717, 1.165) is 36.9 Å². The van der Waals surface area contributed by atoms with Crippen LogP contribution < -0.4 is 10.6 Å². The molecule has 0 aliphatic heterocycles. The molecule has 20 heavy (non-hydrogen) atoms. The summed E-state index contributed by atoms with van der Waals surface area (Å²) in [4.78, 5) is 16.4. The summed E-state index contributed by atoms with van der Waals surface area (Å²) in [5.41, 5.74) is 0.569. The minimum atomic E-state index is -0.102. The van der Waals surface area contributed by atoms with Gasteiger partial charge in [0.25, 0.3) is 5.91 Å². The van der Waals surface area contributed by atoms with Gasteiger partial charge in [-0.2, -0.15) is 0 Å². The molecular weight excluding hydrogens is 322 g/mol. The molecule has 0 unspecified atom stereocenters. The molecule has 112 valence electrons. The lowest BCUT2D eigenvalue weighted by molar-refractivity contribution is 0.0952. The Labute approximate surface area is 128 Å². The normalized spacial score (nSPS) is 10.3. The minimum Gasteiger partial charge on any atom is -0.385 e. The number of methoxy groups -OCH3 is 1. The first-order chi connectivity index (χ1) is 9.69. The second kappa shape index (κ2) is 9.72. The first-order valence-corrected chi connectivity index (χ1v) is 7.65. The lowest BCUT2D eigenvalue weighted by Crippen LogP contribution is -2.26. The second-order valence-corrected chi connectivity index (χ2v) is 5.35. The molecule has 1 rings (SSSR count). The van der Waals surface area contributed by atoms with Crippen LogP contribution in [0.4, 0.5) is 5.82 Å². The molecule has 0 aromatic carbocycles. The number of ether oxygens (including phenoxy) is 1. The van der Waals surface area contributed by atoms with Crippen molar-refractivity contribution in [1.82, 2.24) is 10.3 Å². The molecule has 1 heterocycles. The van der Waals surface area contributed by atoms with Crippen molar-refractivity contribution in [3.05, 3.63) is 22.3 Å². The van der Waals surface area contributed by atoms with Gasteiger partial charge in [0.15, 0.2) is 0 Å². The monoisotopic (exact) mass is 343 g/mol. The molecule has 6 heteroatoms. The van der Waals surface area contributed by atoms with Gasteiger partial charge in [0.2, 0.25) is 0 Å². The Morgan fingerprint density at radius 2 is 2.20 bits per heavy atom. The third kappa shape index (κ3) is 5.88. The second-order valence-electron chi connectivity index (χ2n) is 4.43. The van der Waals surface area contributed by atoms with Crippen LogP contribution in [-0.2, 0) is 4.74 Å². The lowest BCUT2D eigenvalue weighted by Gasteiger charge is -2.11. The van der Waals surface area contributed by atoms with Gasteiger partial charge in [0.1, 0.15) is 5.82 Å². The number of hydrogen-bond donors (Lipinski definition) is 2. The number of pyridine rings is 1. The van der Waals surface area contributed by atoms with Gasteiger partial charge in [-0.05, 0) is 41.3 Å². The fraction of sp³-hybridized carbons (Fsp3) is 0.571. The van der Waals surface area contributed by atoms with E-state index in [0.29, 0.717) is 17.9 Å². The molecule has 2 N–H and O–H groups in total. The van der Waals surface area contributed by atoms with Gasteiger partial charge in [0.05, 0.1) is 5.56 Å². The zero-order valence-corrected chi connectivity index (χ0v) is 13.6. The lowest BCUT2D eigenvalue weighted by atomic mass is 10.2. The number of amides is 1. The Hall–Kier alpha value is -1.14. The molecule has 1 amide bonds. The summed E-state index contributed by atoms with van der Waals surface area (Å²) in [6.45, 7) is 4.23. The van der Waals surface area contributed by atoms with Gasteiger partial charge >= 0.3 is 0 Å². The average Bonchev–Trinajstić information content (AvgIpc) is 2.45. The smallest absolute Gasteiger partial charge is 0.255 e. The standard InChI is InChI=1S/C14H22BrN3O2/c1-3-6-16-13-12(9-11(15)10-18-13)14(19)17-7-4-5-8-20-2/h9-10H,3-8H2,1-2H3,(H,16,18)(H,17,19). The van der Waals surface area contributed by atoms with E-state index < -0.39 is 0 Å². The van der Waals surface area contributed by atoms with Gasteiger partial charge in [-0.25, -0.2) is 4.98 Å². The first kappa shape index (κ1) is 16.9. The van der Waals surface area contributed by atoms with Crippen molar-refractivity contribution < 1.29 is 9.53 Å². The van der Waals surface area contributed by atoms with Crippen molar-refractivity contribution in [2.24, 2.45) is 0 Å². The van der Waals surface area contributed by atoms with Crippen LogP contribution in [-0.4, -0.2) is 37.7 Å². The van der Waals surface area contributed by atoms with Crippen LogP contribution >= 0.6 is 15.9 Å². The van der Waals surface area contributed by atoms with E-state index in [9.17, 15) is 4.79 Å². The summed E-state index contributed by atoms with van der Waals surface area (Å²) in [5, 5.41) is 6.08. The molecule has 0 spiro atoms. The molecule has 0 saturated heterocycles. The molecule has 0 saturated carbocycles. The summed E-state index contributed by atoms with van der Waals surface area (Å²) < 4.78 is 5.77. The average molecular weight is 344 g/mol. The third-order valence-corrected chi connectivity index (χ3v) is 3.14. The molecule has 1 aromatic rings. The topological polar surface area (TPSA) is 63.2 Å². The van der Waals surface area contributed by atoms with Gasteiger partial charge in [-0.1, -0.05) is 6.92 Å². The first-order valence-electron chi connectivity index (χ1n) is 6.85. The van der Waals surface area contributed by atoms with Crippen molar-refractivity contribution in [2.45, 2.75) is 26.2 Å². The zero-order chi connectivity index (χ0) is 14.8. The van der Waals surface area contributed by atoms with Crippen molar-refractivity contribution in [3.63, 3.8) is 0 Å². The number of rotatable bonds is 9. The van der Waals surface area contributed by atoms with E-state index in [4.69, 9.17) is 4.74 Å². The molecule has 0 aliphatic carbocycles. The van der Waals surface area contributed by atoms with Gasteiger partial charge < -0.3 is 15.4 Å². The molecule has 0 bridgehead atoms. The predicted molar refractivity (Wildman–Crippen MR) is 84.2 cm³/mol. The molecule has 1 aromatic heterocycles. The number of nitrogens with zero attached hydrogens (tertiary/aromatic N) is 1. The number of carbonyl (C=O) groups is 1. The highest BCUT2D eigenvalue weighted by atomic mass is 79.9. The van der Waals surface area contributed by atoms with E-state index in [2.05, 4.69) is 38.5 Å². The van der Waals surface area contributed by atoms with Gasteiger partial charge in [-0.3, -0.25) is 4.79 Å². The maximum atomic E-state index is 12.2. The number of anilines is 1. The Balaban J connectivity index is 2.58. The number of hydrogen-bond acceptors (Lipinski definition) is 4. The van der Waals surface area contributed by atoms with E-state index in [1.807, 2.05) is 0 Å². The highest BCUT2D eigenvalue weighted by Gasteiger charge is 2.12. The van der Waals surface area contributed by atoms with E-state index in [1.165, 1.54) is 0 Å². The summed E-state index contributed by atoms with van der Waals surface area (Å²) in [6.07, 6.45) is 4.51. The van der Waals surface area contributed by atoms with Crippen molar-refractivity contribution >= 4 is 27.7 Å². The van der Waals surface area contributed by atoms with Gasteiger partial charge in [-0.15, -0.1) is 0 Å². The molecule has 0 aliphatic rings. The summed E-state index contributed by atoms with van der Waals surface area (Å²) in [7, 11) is 1.68. The Bertz CT molecular complexity index is 427. The SMILES string of the molecule is CCCNc1ncc(Br)cc1C(=O)NCCCCOC. The fourth-order valence-corrected chi connectivity index (χ4v) is 2.00. The maximum absolute atomic E-state index is 12.2. The Morgan fingerprint density at radius 3 is 2.90 bits per heavy atom. The van der Waals surface area contributed by atoms with E-state index in [1.54, 1.807) is 19.4 Å². The van der Waals surface area contributed by atoms with Crippen LogP contribution in [0.2, 0.25) is 0 Å². The molecule has 0 fully saturated rings. The third-order valence-electron chi connectivity index (χ3n) is 2.70. The summed E-state index contributed by atoms with van der Waals surface area (Å²) in [6, 6.07) is 1.79. The number of unbranched alkanes of at least 4 members (excludes halogenated alkanes) is 1. The number of nitrogens with one attached hydrogen (secondary N) is 2. The highest BCUT2D eigenvalue weighted by molar-refractivity contribution is 9.10. The Kier molecular flexibility index (Phi) is 8.22.